The molecule has 0 bridgehead atoms. The molecule has 1 unspecified atom stereocenters. The van der Waals surface area contributed by atoms with Gasteiger partial charge >= 0.3 is 0 Å². The summed E-state index contributed by atoms with van der Waals surface area (Å²) in [6, 6.07) is 13.2. The summed E-state index contributed by atoms with van der Waals surface area (Å²) in [6.07, 6.45) is 1.79. The maximum atomic E-state index is 12.4. The van der Waals surface area contributed by atoms with Crippen LogP contribution in [-0.4, -0.2) is 21.1 Å². The van der Waals surface area contributed by atoms with Gasteiger partial charge in [-0.2, -0.15) is 0 Å². The van der Waals surface area contributed by atoms with Crippen molar-refractivity contribution >= 4 is 27.5 Å². The van der Waals surface area contributed by atoms with Crippen LogP contribution in [0.25, 0.3) is 0 Å². The van der Waals surface area contributed by atoms with E-state index in [2.05, 4.69) is 36.4 Å². The molecule has 24 heavy (non-hydrogen) atoms. The summed E-state index contributed by atoms with van der Waals surface area (Å²) in [4.78, 5) is 16.5. The molecule has 0 saturated carbocycles. The van der Waals surface area contributed by atoms with E-state index in [0.717, 1.165) is 5.56 Å². The topological polar surface area (TPSA) is 80.9 Å². The van der Waals surface area contributed by atoms with Crippen molar-refractivity contribution in [3.8, 4) is 0 Å². The van der Waals surface area contributed by atoms with Crippen molar-refractivity contribution < 1.29 is 9.21 Å². The monoisotopic (exact) mass is 386 g/mol. The fraction of sp³-hybridized carbons (Fsp3) is 0.176. The minimum absolute atomic E-state index is 0.149. The lowest BCUT2D eigenvalue weighted by Crippen LogP contribution is -2.17. The van der Waals surface area contributed by atoms with Crippen LogP contribution in [0.3, 0.4) is 0 Å². The zero-order valence-corrected chi connectivity index (χ0v) is 14.5. The predicted octanol–water partition coefficient (Wildman–Crippen LogP) is 3.70. The molecule has 2 aromatic heterocycles. The Balaban J connectivity index is 1.79. The number of benzene rings is 1. The molecule has 0 fully saturated rings. The standard InChI is InChI=1S/C17H15BrN4O2/c1-11-21-22-17(24-11)14(12-5-3-2-4-6-12)9-16(23)20-13-7-8-15(18)19-10-13/h2-8,10,14H,9H2,1H3,(H,20,23). The van der Waals surface area contributed by atoms with Gasteiger partial charge in [0.2, 0.25) is 17.7 Å². The van der Waals surface area contributed by atoms with Gasteiger partial charge in [-0.05, 0) is 33.6 Å². The van der Waals surface area contributed by atoms with E-state index < -0.39 is 0 Å². The molecule has 0 aliphatic heterocycles. The third-order valence-electron chi connectivity index (χ3n) is 3.44. The van der Waals surface area contributed by atoms with Gasteiger partial charge in [-0.25, -0.2) is 4.98 Å². The summed E-state index contributed by atoms with van der Waals surface area (Å²) in [7, 11) is 0. The number of carbonyl (C=O) groups excluding carboxylic acids is 1. The van der Waals surface area contributed by atoms with Crippen molar-refractivity contribution in [3.63, 3.8) is 0 Å². The second-order valence-corrected chi connectivity index (χ2v) is 6.06. The van der Waals surface area contributed by atoms with Gasteiger partial charge in [-0.3, -0.25) is 4.79 Å². The molecule has 3 aromatic rings. The Hall–Kier alpha value is -2.54. The zero-order valence-electron chi connectivity index (χ0n) is 12.9. The Morgan fingerprint density at radius 3 is 2.62 bits per heavy atom. The quantitative estimate of drug-likeness (QED) is 0.676. The number of halogens is 1. The summed E-state index contributed by atoms with van der Waals surface area (Å²) in [6.45, 7) is 1.73. The van der Waals surface area contributed by atoms with E-state index >= 15 is 0 Å². The van der Waals surface area contributed by atoms with Gasteiger partial charge in [-0.1, -0.05) is 30.3 Å². The first-order valence-corrected chi connectivity index (χ1v) is 8.17. The number of amides is 1. The van der Waals surface area contributed by atoms with Gasteiger partial charge in [0, 0.05) is 13.3 Å². The molecule has 1 aromatic carbocycles. The van der Waals surface area contributed by atoms with Gasteiger partial charge in [0.1, 0.15) is 4.60 Å². The summed E-state index contributed by atoms with van der Waals surface area (Å²) in [5, 5.41) is 10.8. The summed E-state index contributed by atoms with van der Waals surface area (Å²) in [5.74, 6) is 0.464. The first-order valence-electron chi connectivity index (χ1n) is 7.38. The second kappa shape index (κ2) is 7.35. The number of hydrogen-bond acceptors (Lipinski definition) is 5. The van der Waals surface area contributed by atoms with Crippen molar-refractivity contribution in [1.29, 1.82) is 0 Å². The van der Waals surface area contributed by atoms with E-state index in [9.17, 15) is 4.79 Å². The van der Waals surface area contributed by atoms with Gasteiger partial charge in [0.25, 0.3) is 0 Å². The second-order valence-electron chi connectivity index (χ2n) is 5.24. The lowest BCUT2D eigenvalue weighted by molar-refractivity contribution is -0.116. The molecule has 0 radical (unpaired) electrons. The van der Waals surface area contributed by atoms with E-state index in [4.69, 9.17) is 4.42 Å². The molecule has 6 nitrogen and oxygen atoms in total. The van der Waals surface area contributed by atoms with Gasteiger partial charge in [0.15, 0.2) is 0 Å². The van der Waals surface area contributed by atoms with Crippen molar-refractivity contribution in [3.05, 3.63) is 70.6 Å². The van der Waals surface area contributed by atoms with Gasteiger partial charge < -0.3 is 9.73 Å². The Bertz CT molecular complexity index is 818. The largest absolute Gasteiger partial charge is 0.425 e. The Morgan fingerprint density at radius 2 is 2.00 bits per heavy atom. The molecule has 122 valence electrons. The fourth-order valence-corrected chi connectivity index (χ4v) is 2.57. The fourth-order valence-electron chi connectivity index (χ4n) is 2.33. The van der Waals surface area contributed by atoms with E-state index in [1.54, 1.807) is 25.3 Å². The van der Waals surface area contributed by atoms with E-state index in [1.165, 1.54) is 0 Å². The number of rotatable bonds is 5. The molecular formula is C17H15BrN4O2. The normalized spacial score (nSPS) is 11.9. The Morgan fingerprint density at radius 1 is 1.21 bits per heavy atom. The minimum atomic E-state index is -0.296. The summed E-state index contributed by atoms with van der Waals surface area (Å²) < 4.78 is 6.26. The van der Waals surface area contributed by atoms with Crippen molar-refractivity contribution in [2.75, 3.05) is 5.32 Å². The number of nitrogens with zero attached hydrogens (tertiary/aromatic N) is 3. The first kappa shape index (κ1) is 16.3. The van der Waals surface area contributed by atoms with Crippen molar-refractivity contribution in [2.24, 2.45) is 0 Å². The lowest BCUT2D eigenvalue weighted by Gasteiger charge is -2.13. The van der Waals surface area contributed by atoms with Crippen LogP contribution in [-0.2, 0) is 4.79 Å². The SMILES string of the molecule is Cc1nnc(C(CC(=O)Nc2ccc(Br)nc2)c2ccccc2)o1. The number of aryl methyl sites for hydroxylation is 1. The predicted molar refractivity (Wildman–Crippen MR) is 92.5 cm³/mol. The molecule has 2 heterocycles. The summed E-state index contributed by atoms with van der Waals surface area (Å²) in [5.41, 5.74) is 1.59. The van der Waals surface area contributed by atoms with Crippen LogP contribution < -0.4 is 5.32 Å². The minimum Gasteiger partial charge on any atom is -0.425 e. The average Bonchev–Trinajstić information content (AvgIpc) is 3.02. The summed E-state index contributed by atoms with van der Waals surface area (Å²) >= 11 is 3.26. The molecule has 0 aliphatic rings. The van der Waals surface area contributed by atoms with E-state index in [-0.39, 0.29) is 18.2 Å². The number of anilines is 1. The van der Waals surface area contributed by atoms with E-state index in [1.807, 2.05) is 30.3 Å². The van der Waals surface area contributed by atoms with Gasteiger partial charge in [0.05, 0.1) is 17.8 Å². The Kier molecular flexibility index (Phi) is 5.00. The van der Waals surface area contributed by atoms with E-state index in [0.29, 0.717) is 22.1 Å². The zero-order chi connectivity index (χ0) is 16.9. The molecule has 1 N–H and O–H groups in total. The van der Waals surface area contributed by atoms with Crippen LogP contribution in [0.1, 0.15) is 29.7 Å². The molecule has 7 heteroatoms. The highest BCUT2D eigenvalue weighted by molar-refractivity contribution is 9.10. The molecule has 1 atom stereocenters. The van der Waals surface area contributed by atoms with Gasteiger partial charge in [-0.15, -0.1) is 10.2 Å². The molecule has 0 saturated heterocycles. The number of hydrogen-bond donors (Lipinski definition) is 1. The maximum Gasteiger partial charge on any atom is 0.225 e. The highest BCUT2D eigenvalue weighted by Crippen LogP contribution is 2.27. The molecule has 0 spiro atoms. The number of nitrogens with one attached hydrogen (secondary N) is 1. The number of pyridine rings is 1. The molecule has 0 aliphatic carbocycles. The molecule has 1 amide bonds. The van der Waals surface area contributed by atoms with Crippen LogP contribution in [0.2, 0.25) is 0 Å². The highest BCUT2D eigenvalue weighted by Gasteiger charge is 2.23. The average molecular weight is 387 g/mol. The number of aromatic nitrogens is 3. The third kappa shape index (κ3) is 4.05. The van der Waals surface area contributed by atoms with Crippen molar-refractivity contribution in [1.82, 2.24) is 15.2 Å². The van der Waals surface area contributed by atoms with Crippen LogP contribution in [0.4, 0.5) is 5.69 Å². The first-order chi connectivity index (χ1) is 11.6. The third-order valence-corrected chi connectivity index (χ3v) is 3.91. The molecule has 3 rings (SSSR count). The maximum absolute atomic E-state index is 12.4. The van der Waals surface area contributed by atoms with Crippen LogP contribution in [0.5, 0.6) is 0 Å². The smallest absolute Gasteiger partial charge is 0.225 e. The Labute approximate surface area is 147 Å². The molecular weight excluding hydrogens is 372 g/mol. The van der Waals surface area contributed by atoms with Crippen LogP contribution in [0.15, 0.2) is 57.7 Å². The lowest BCUT2D eigenvalue weighted by atomic mass is 9.95. The number of carbonyl (C=O) groups is 1. The van der Waals surface area contributed by atoms with Crippen molar-refractivity contribution in [2.45, 2.75) is 19.3 Å². The van der Waals surface area contributed by atoms with Crippen LogP contribution in [0, 0.1) is 6.92 Å². The highest BCUT2D eigenvalue weighted by atomic mass is 79.9. The van der Waals surface area contributed by atoms with Crippen LogP contribution >= 0.6 is 15.9 Å².